The lowest BCUT2D eigenvalue weighted by Crippen LogP contribution is -1.94. The number of methoxy groups -OCH3 is 3. The minimum absolute atomic E-state index is 0.651. The number of benzene rings is 1. The smallest absolute Gasteiger partial charge is 0.168 e. The Bertz CT molecular complexity index is 511. The van der Waals surface area contributed by atoms with Gasteiger partial charge in [-0.25, -0.2) is 0 Å². The first-order valence-electron chi connectivity index (χ1n) is 4.84. The van der Waals surface area contributed by atoms with Gasteiger partial charge in [0.05, 0.1) is 21.3 Å². The summed E-state index contributed by atoms with van der Waals surface area (Å²) in [4.78, 5) is 4.08. The molecule has 0 unspecified atom stereocenters. The van der Waals surface area contributed by atoms with Crippen LogP contribution in [0.2, 0.25) is 0 Å². The fourth-order valence-corrected chi connectivity index (χ4v) is 1.71. The van der Waals surface area contributed by atoms with Gasteiger partial charge >= 0.3 is 0 Å². The number of pyridine rings is 1. The van der Waals surface area contributed by atoms with Gasteiger partial charge in [0.25, 0.3) is 0 Å². The topological polar surface area (TPSA) is 40.6 Å². The van der Waals surface area contributed by atoms with Gasteiger partial charge in [0.1, 0.15) is 5.75 Å². The van der Waals surface area contributed by atoms with Crippen molar-refractivity contribution in [3.63, 3.8) is 0 Å². The molecule has 4 heteroatoms. The summed E-state index contributed by atoms with van der Waals surface area (Å²) in [5.74, 6) is 2.07. The van der Waals surface area contributed by atoms with Crippen LogP contribution in [-0.2, 0) is 0 Å². The van der Waals surface area contributed by atoms with Crippen LogP contribution in [-0.4, -0.2) is 26.3 Å². The second-order valence-electron chi connectivity index (χ2n) is 3.24. The van der Waals surface area contributed by atoms with Crippen molar-refractivity contribution in [3.8, 4) is 17.2 Å². The molecule has 4 nitrogen and oxygen atoms in total. The van der Waals surface area contributed by atoms with E-state index in [4.69, 9.17) is 14.2 Å². The molecule has 0 aliphatic heterocycles. The highest BCUT2D eigenvalue weighted by Gasteiger charge is 2.13. The number of ether oxygens (including phenoxy) is 3. The Balaban J connectivity index is 2.83. The number of hydrogen-bond donors (Lipinski definition) is 0. The highest BCUT2D eigenvalue weighted by atomic mass is 16.5. The third-order valence-corrected chi connectivity index (χ3v) is 2.46. The Labute approximate surface area is 93.8 Å². The quantitative estimate of drug-likeness (QED) is 0.794. The molecule has 0 saturated carbocycles. The summed E-state index contributed by atoms with van der Waals surface area (Å²) in [6.45, 7) is 0. The average molecular weight is 219 g/mol. The molecule has 16 heavy (non-hydrogen) atoms. The molecule has 0 bridgehead atoms. The van der Waals surface area contributed by atoms with Gasteiger partial charge in [0.15, 0.2) is 11.5 Å². The lowest BCUT2D eigenvalue weighted by molar-refractivity contribution is 0.353. The van der Waals surface area contributed by atoms with Gasteiger partial charge in [0, 0.05) is 29.2 Å². The van der Waals surface area contributed by atoms with Crippen molar-refractivity contribution in [3.05, 3.63) is 24.5 Å². The first-order chi connectivity index (χ1) is 7.81. The van der Waals surface area contributed by atoms with Crippen LogP contribution in [0.15, 0.2) is 24.5 Å². The van der Waals surface area contributed by atoms with Crippen LogP contribution in [0.1, 0.15) is 0 Å². The zero-order valence-electron chi connectivity index (χ0n) is 9.48. The van der Waals surface area contributed by atoms with Gasteiger partial charge in [0.2, 0.25) is 0 Å². The molecule has 1 heterocycles. The summed E-state index contributed by atoms with van der Waals surface area (Å²) in [5, 5.41) is 1.83. The van der Waals surface area contributed by atoms with Gasteiger partial charge in [-0.15, -0.1) is 0 Å². The molecule has 0 radical (unpaired) electrons. The summed E-state index contributed by atoms with van der Waals surface area (Å²) in [6, 6.07) is 3.67. The van der Waals surface area contributed by atoms with Crippen LogP contribution in [0.4, 0.5) is 0 Å². The maximum absolute atomic E-state index is 5.34. The normalized spacial score (nSPS) is 10.2. The van der Waals surface area contributed by atoms with Crippen molar-refractivity contribution in [1.29, 1.82) is 0 Å². The summed E-state index contributed by atoms with van der Waals surface area (Å²) in [5.41, 5.74) is 0. The molecule has 0 atom stereocenters. The molecular formula is C12H13NO3. The van der Waals surface area contributed by atoms with Gasteiger partial charge in [-0.1, -0.05) is 0 Å². The molecule has 0 spiro atoms. The molecule has 2 rings (SSSR count). The van der Waals surface area contributed by atoms with Crippen LogP contribution >= 0.6 is 0 Å². The highest BCUT2D eigenvalue weighted by molar-refractivity contribution is 5.94. The molecule has 0 N–H and O–H groups in total. The van der Waals surface area contributed by atoms with Crippen molar-refractivity contribution >= 4 is 10.8 Å². The third kappa shape index (κ3) is 1.52. The summed E-state index contributed by atoms with van der Waals surface area (Å²) < 4.78 is 15.9. The molecule has 0 aliphatic rings. The van der Waals surface area contributed by atoms with Crippen molar-refractivity contribution in [2.45, 2.75) is 0 Å². The Hall–Kier alpha value is -1.97. The lowest BCUT2D eigenvalue weighted by Gasteiger charge is -2.13. The van der Waals surface area contributed by atoms with E-state index < -0.39 is 0 Å². The maximum atomic E-state index is 5.34. The standard InChI is InChI=1S/C12H13NO3/c1-14-10-6-11(15-2)12(16-3)8-4-5-13-7-9(8)10/h4-7H,1-3H3. The summed E-state index contributed by atoms with van der Waals surface area (Å²) in [7, 11) is 4.84. The van der Waals surface area contributed by atoms with Crippen molar-refractivity contribution in [2.24, 2.45) is 0 Å². The van der Waals surface area contributed by atoms with Gasteiger partial charge in [-0.2, -0.15) is 0 Å². The second kappa shape index (κ2) is 4.26. The molecule has 0 aliphatic carbocycles. The van der Waals surface area contributed by atoms with Crippen LogP contribution < -0.4 is 14.2 Å². The van der Waals surface area contributed by atoms with E-state index >= 15 is 0 Å². The Morgan fingerprint density at radius 3 is 2.31 bits per heavy atom. The molecule has 2 aromatic rings. The molecule has 0 amide bonds. The molecular weight excluding hydrogens is 206 g/mol. The van der Waals surface area contributed by atoms with Crippen LogP contribution in [0, 0.1) is 0 Å². The minimum atomic E-state index is 0.651. The summed E-state index contributed by atoms with van der Waals surface area (Å²) >= 11 is 0. The van der Waals surface area contributed by atoms with E-state index in [0.717, 1.165) is 16.5 Å². The number of fused-ring (bicyclic) bond motifs is 1. The zero-order chi connectivity index (χ0) is 11.5. The molecule has 0 saturated heterocycles. The number of rotatable bonds is 3. The predicted molar refractivity (Wildman–Crippen MR) is 61.4 cm³/mol. The van der Waals surface area contributed by atoms with Crippen LogP contribution in [0.25, 0.3) is 10.8 Å². The van der Waals surface area contributed by atoms with Gasteiger partial charge < -0.3 is 14.2 Å². The van der Waals surface area contributed by atoms with E-state index in [1.807, 2.05) is 6.07 Å². The largest absolute Gasteiger partial charge is 0.496 e. The van der Waals surface area contributed by atoms with E-state index in [-0.39, 0.29) is 0 Å². The van der Waals surface area contributed by atoms with Crippen LogP contribution in [0.3, 0.4) is 0 Å². The second-order valence-corrected chi connectivity index (χ2v) is 3.24. The van der Waals surface area contributed by atoms with E-state index in [0.29, 0.717) is 11.5 Å². The SMILES string of the molecule is COc1cc(OC)c2cnccc2c1OC. The maximum Gasteiger partial charge on any atom is 0.168 e. The van der Waals surface area contributed by atoms with E-state index in [9.17, 15) is 0 Å². The van der Waals surface area contributed by atoms with E-state index in [2.05, 4.69) is 4.98 Å². The average Bonchev–Trinajstić information content (AvgIpc) is 2.36. The predicted octanol–water partition coefficient (Wildman–Crippen LogP) is 2.26. The third-order valence-electron chi connectivity index (χ3n) is 2.46. The number of hydrogen-bond acceptors (Lipinski definition) is 4. The Morgan fingerprint density at radius 2 is 1.69 bits per heavy atom. The zero-order valence-corrected chi connectivity index (χ0v) is 9.48. The molecule has 1 aromatic heterocycles. The fourth-order valence-electron chi connectivity index (χ4n) is 1.71. The number of aromatic nitrogens is 1. The molecule has 1 aromatic carbocycles. The minimum Gasteiger partial charge on any atom is -0.496 e. The molecule has 0 fully saturated rings. The lowest BCUT2D eigenvalue weighted by atomic mass is 10.1. The first-order valence-corrected chi connectivity index (χ1v) is 4.84. The highest BCUT2D eigenvalue weighted by Crippen LogP contribution is 2.40. The Kier molecular flexibility index (Phi) is 2.81. The summed E-state index contributed by atoms with van der Waals surface area (Å²) in [6.07, 6.45) is 3.46. The Morgan fingerprint density at radius 1 is 0.938 bits per heavy atom. The van der Waals surface area contributed by atoms with Gasteiger partial charge in [-0.05, 0) is 6.07 Å². The molecule has 84 valence electrons. The van der Waals surface area contributed by atoms with Crippen molar-refractivity contribution in [2.75, 3.05) is 21.3 Å². The first kappa shape index (κ1) is 10.5. The monoisotopic (exact) mass is 219 g/mol. The van der Waals surface area contributed by atoms with Crippen molar-refractivity contribution < 1.29 is 14.2 Å². The van der Waals surface area contributed by atoms with Gasteiger partial charge in [-0.3, -0.25) is 4.98 Å². The number of nitrogens with zero attached hydrogens (tertiary/aromatic N) is 1. The van der Waals surface area contributed by atoms with E-state index in [1.54, 1.807) is 39.8 Å². The van der Waals surface area contributed by atoms with Crippen LogP contribution in [0.5, 0.6) is 17.2 Å². The van der Waals surface area contributed by atoms with E-state index in [1.165, 1.54) is 0 Å². The van der Waals surface area contributed by atoms with Crippen molar-refractivity contribution in [1.82, 2.24) is 4.98 Å². The fraction of sp³-hybridized carbons (Fsp3) is 0.250.